The summed E-state index contributed by atoms with van der Waals surface area (Å²) in [6.45, 7) is 2.06. The summed E-state index contributed by atoms with van der Waals surface area (Å²) >= 11 is 3.36. The molecular weight excluding hydrogens is 336 g/mol. The normalized spacial score (nSPS) is 16.2. The number of amides is 3. The van der Waals surface area contributed by atoms with Crippen LogP contribution in [0, 0.1) is 0 Å². The van der Waals surface area contributed by atoms with E-state index in [1.54, 1.807) is 0 Å². The number of hydrogen-bond donors (Lipinski definition) is 1. The van der Waals surface area contributed by atoms with Crippen LogP contribution in [0.5, 0.6) is 0 Å². The molecule has 3 amide bonds. The van der Waals surface area contributed by atoms with Gasteiger partial charge in [0.1, 0.15) is 0 Å². The summed E-state index contributed by atoms with van der Waals surface area (Å²) in [5.74, 6) is -0.541. The van der Waals surface area contributed by atoms with Gasteiger partial charge in [-0.1, -0.05) is 28.1 Å². The lowest BCUT2D eigenvalue weighted by molar-refractivity contribution is -0.138. The molecule has 1 aliphatic rings. The Morgan fingerprint density at radius 3 is 2.38 bits per heavy atom. The second-order valence-electron chi connectivity index (χ2n) is 5.03. The summed E-state index contributed by atoms with van der Waals surface area (Å²) in [5, 5.41) is 2.87. The van der Waals surface area contributed by atoms with Gasteiger partial charge in [0.05, 0.1) is 6.04 Å². The lowest BCUT2D eigenvalue weighted by atomic mass is 10.1. The SMILES string of the molecule is CC(NC(=O)CCN1C(=O)CCC1=O)c1ccc(Br)cc1. The smallest absolute Gasteiger partial charge is 0.229 e. The highest BCUT2D eigenvalue weighted by Gasteiger charge is 2.28. The summed E-state index contributed by atoms with van der Waals surface area (Å²) in [6, 6.07) is 7.58. The molecule has 112 valence electrons. The van der Waals surface area contributed by atoms with Crippen molar-refractivity contribution in [2.75, 3.05) is 6.54 Å². The molecule has 0 saturated carbocycles. The first-order valence-electron chi connectivity index (χ1n) is 6.85. The lowest BCUT2D eigenvalue weighted by Crippen LogP contribution is -2.34. The number of imide groups is 1. The van der Waals surface area contributed by atoms with Gasteiger partial charge < -0.3 is 5.32 Å². The Bertz CT molecular complexity index is 541. The molecule has 5 nitrogen and oxygen atoms in total. The van der Waals surface area contributed by atoms with Crippen molar-refractivity contribution in [1.82, 2.24) is 10.2 Å². The maximum Gasteiger partial charge on any atom is 0.229 e. The number of carbonyl (C=O) groups is 3. The Kier molecular flexibility index (Phi) is 5.12. The van der Waals surface area contributed by atoms with Gasteiger partial charge in [-0.2, -0.15) is 0 Å². The monoisotopic (exact) mass is 352 g/mol. The van der Waals surface area contributed by atoms with Gasteiger partial charge in [0.15, 0.2) is 0 Å². The van der Waals surface area contributed by atoms with Gasteiger partial charge >= 0.3 is 0 Å². The molecule has 6 heteroatoms. The molecule has 1 fully saturated rings. The highest BCUT2D eigenvalue weighted by Crippen LogP contribution is 2.17. The minimum absolute atomic E-state index is 0.115. The number of nitrogens with one attached hydrogen (secondary N) is 1. The quantitative estimate of drug-likeness (QED) is 0.825. The fraction of sp³-hybridized carbons (Fsp3) is 0.400. The summed E-state index contributed by atoms with van der Waals surface area (Å²) in [5.41, 5.74) is 1.000. The highest BCUT2D eigenvalue weighted by atomic mass is 79.9. The van der Waals surface area contributed by atoms with E-state index >= 15 is 0 Å². The topological polar surface area (TPSA) is 66.5 Å². The van der Waals surface area contributed by atoms with Crippen molar-refractivity contribution in [2.45, 2.75) is 32.2 Å². The molecule has 1 atom stereocenters. The highest BCUT2D eigenvalue weighted by molar-refractivity contribution is 9.10. The minimum Gasteiger partial charge on any atom is -0.350 e. The molecule has 1 aromatic carbocycles. The van der Waals surface area contributed by atoms with Gasteiger partial charge in [-0.15, -0.1) is 0 Å². The molecule has 0 spiro atoms. The van der Waals surface area contributed by atoms with Crippen LogP contribution in [0.1, 0.15) is 37.8 Å². The first-order valence-corrected chi connectivity index (χ1v) is 7.64. The molecule has 1 heterocycles. The van der Waals surface area contributed by atoms with Crippen molar-refractivity contribution >= 4 is 33.7 Å². The maximum atomic E-state index is 11.9. The first kappa shape index (κ1) is 15.7. The molecule has 2 rings (SSSR count). The Hall–Kier alpha value is -1.69. The summed E-state index contributed by atoms with van der Waals surface area (Å²) in [4.78, 5) is 35.9. The van der Waals surface area contributed by atoms with Crippen LogP contribution in [-0.2, 0) is 14.4 Å². The predicted octanol–water partition coefficient (Wildman–Crippen LogP) is 2.17. The van der Waals surface area contributed by atoms with Crippen LogP contribution in [0.3, 0.4) is 0 Å². The number of halogens is 1. The van der Waals surface area contributed by atoms with Crippen LogP contribution >= 0.6 is 15.9 Å². The zero-order valence-electron chi connectivity index (χ0n) is 11.8. The number of nitrogens with zero attached hydrogens (tertiary/aromatic N) is 1. The van der Waals surface area contributed by atoms with E-state index in [4.69, 9.17) is 0 Å². The predicted molar refractivity (Wildman–Crippen MR) is 81.3 cm³/mol. The Labute approximate surface area is 131 Å². The van der Waals surface area contributed by atoms with Crippen molar-refractivity contribution in [1.29, 1.82) is 0 Å². The van der Waals surface area contributed by atoms with E-state index in [1.165, 1.54) is 4.90 Å². The number of hydrogen-bond acceptors (Lipinski definition) is 3. The van der Waals surface area contributed by atoms with Crippen molar-refractivity contribution in [3.63, 3.8) is 0 Å². The zero-order chi connectivity index (χ0) is 15.4. The number of benzene rings is 1. The lowest BCUT2D eigenvalue weighted by Gasteiger charge is -2.17. The van der Waals surface area contributed by atoms with E-state index in [2.05, 4.69) is 21.2 Å². The molecule has 0 bridgehead atoms. The third-order valence-corrected chi connectivity index (χ3v) is 3.99. The summed E-state index contributed by atoms with van der Waals surface area (Å²) < 4.78 is 0.982. The molecule has 1 saturated heterocycles. The fourth-order valence-electron chi connectivity index (χ4n) is 2.23. The summed E-state index contributed by atoms with van der Waals surface area (Å²) in [6.07, 6.45) is 0.657. The molecule has 0 aromatic heterocycles. The van der Waals surface area contributed by atoms with Crippen LogP contribution in [-0.4, -0.2) is 29.2 Å². The van der Waals surface area contributed by atoms with E-state index < -0.39 is 0 Å². The van der Waals surface area contributed by atoms with Gasteiger partial charge in [-0.3, -0.25) is 19.3 Å². The van der Waals surface area contributed by atoms with Crippen LogP contribution in [0.15, 0.2) is 28.7 Å². The minimum atomic E-state index is -0.186. The van der Waals surface area contributed by atoms with Gasteiger partial charge in [0.2, 0.25) is 17.7 Å². The van der Waals surface area contributed by atoms with Crippen molar-refractivity contribution < 1.29 is 14.4 Å². The number of rotatable bonds is 5. The molecule has 0 aliphatic carbocycles. The molecule has 1 aromatic rings. The Balaban J connectivity index is 1.83. The molecular formula is C15H17BrN2O3. The average Bonchev–Trinajstić information content (AvgIpc) is 2.76. The molecule has 0 radical (unpaired) electrons. The second kappa shape index (κ2) is 6.85. The molecule has 21 heavy (non-hydrogen) atoms. The van der Waals surface area contributed by atoms with Crippen LogP contribution < -0.4 is 5.32 Å². The van der Waals surface area contributed by atoms with Crippen molar-refractivity contribution in [3.05, 3.63) is 34.3 Å². The van der Waals surface area contributed by atoms with Gasteiger partial charge in [-0.05, 0) is 24.6 Å². The number of carbonyl (C=O) groups excluding carboxylic acids is 3. The Morgan fingerprint density at radius 2 is 1.81 bits per heavy atom. The van der Waals surface area contributed by atoms with E-state index in [1.807, 2.05) is 31.2 Å². The largest absolute Gasteiger partial charge is 0.350 e. The van der Waals surface area contributed by atoms with Gasteiger partial charge in [0.25, 0.3) is 0 Å². The van der Waals surface area contributed by atoms with Crippen molar-refractivity contribution in [3.8, 4) is 0 Å². The Morgan fingerprint density at radius 1 is 1.24 bits per heavy atom. The van der Waals surface area contributed by atoms with Gasteiger partial charge in [-0.25, -0.2) is 0 Å². The standard InChI is InChI=1S/C15H17BrN2O3/c1-10(11-2-4-12(16)5-3-11)17-13(19)8-9-18-14(20)6-7-15(18)21/h2-5,10H,6-9H2,1H3,(H,17,19). The fourth-order valence-corrected chi connectivity index (χ4v) is 2.50. The summed E-state index contributed by atoms with van der Waals surface area (Å²) in [7, 11) is 0. The number of likely N-dealkylation sites (tertiary alicyclic amines) is 1. The second-order valence-corrected chi connectivity index (χ2v) is 5.95. The van der Waals surface area contributed by atoms with E-state index in [-0.39, 0.29) is 49.6 Å². The molecule has 1 N–H and O–H groups in total. The van der Waals surface area contributed by atoms with E-state index in [9.17, 15) is 14.4 Å². The zero-order valence-corrected chi connectivity index (χ0v) is 13.4. The van der Waals surface area contributed by atoms with Gasteiger partial charge in [0, 0.05) is 30.3 Å². The van der Waals surface area contributed by atoms with E-state index in [0.717, 1.165) is 10.0 Å². The maximum absolute atomic E-state index is 11.9. The van der Waals surface area contributed by atoms with Crippen LogP contribution in [0.25, 0.3) is 0 Å². The third-order valence-electron chi connectivity index (χ3n) is 3.46. The van der Waals surface area contributed by atoms with E-state index in [0.29, 0.717) is 0 Å². The van der Waals surface area contributed by atoms with Crippen LogP contribution in [0.2, 0.25) is 0 Å². The van der Waals surface area contributed by atoms with Crippen LogP contribution in [0.4, 0.5) is 0 Å². The molecule has 1 unspecified atom stereocenters. The average molecular weight is 353 g/mol. The molecule has 1 aliphatic heterocycles. The van der Waals surface area contributed by atoms with Crippen molar-refractivity contribution in [2.24, 2.45) is 0 Å². The first-order chi connectivity index (χ1) is 9.97. The third kappa shape index (κ3) is 4.14.